The van der Waals surface area contributed by atoms with Gasteiger partial charge >= 0.3 is 12.1 Å². The lowest BCUT2D eigenvalue weighted by Gasteiger charge is -2.16. The number of rotatable bonds is 3. The number of para-hydroxylation sites is 1. The molecule has 2 aromatic rings. The third-order valence-corrected chi connectivity index (χ3v) is 4.48. The highest BCUT2D eigenvalue weighted by Crippen LogP contribution is 2.42. The van der Waals surface area contributed by atoms with Crippen molar-refractivity contribution in [2.45, 2.75) is 6.61 Å². The minimum absolute atomic E-state index is 0.367. The number of hydrogen-bond acceptors (Lipinski definition) is 7. The van der Waals surface area contributed by atoms with Crippen LogP contribution in [0.3, 0.4) is 0 Å². The van der Waals surface area contributed by atoms with E-state index in [1.54, 1.807) is 6.07 Å². The maximum absolute atomic E-state index is 12.1. The summed E-state index contributed by atoms with van der Waals surface area (Å²) < 4.78 is 14.8. The Bertz CT molecular complexity index is 813. The van der Waals surface area contributed by atoms with Crippen LogP contribution in [-0.2, 0) is 20.9 Å². The molecule has 2 amide bonds. The smallest absolute Gasteiger partial charge is 0.413 e. The van der Waals surface area contributed by atoms with Gasteiger partial charge in [0, 0.05) is 16.0 Å². The molecule has 0 fully saturated rings. The van der Waals surface area contributed by atoms with Crippen molar-refractivity contribution in [1.82, 2.24) is 5.32 Å². The average Bonchev–Trinajstić information content (AvgIpc) is 3.04. The van der Waals surface area contributed by atoms with Crippen molar-refractivity contribution in [1.29, 1.82) is 0 Å². The van der Waals surface area contributed by atoms with E-state index in [4.69, 9.17) is 9.47 Å². The number of ether oxygens (including phenoxy) is 3. The third-order valence-electron chi connectivity index (χ3n) is 3.29. The Morgan fingerprint density at radius 3 is 2.88 bits per heavy atom. The lowest BCUT2D eigenvalue weighted by atomic mass is 10.1. The molecule has 3 rings (SSSR count). The first-order valence-electron chi connectivity index (χ1n) is 6.98. The van der Waals surface area contributed by atoms with Gasteiger partial charge in [-0.2, -0.15) is 0 Å². The summed E-state index contributed by atoms with van der Waals surface area (Å²) >= 11 is 1.28. The normalized spacial score (nSPS) is 11.5. The SMILES string of the molecule is COC(=O)NC(=O)COC(=O)c1cc2c(s1)-c1ccccc1OC2. The molecule has 1 aromatic heterocycles. The molecule has 0 saturated carbocycles. The molecule has 1 aliphatic heterocycles. The van der Waals surface area contributed by atoms with Crippen LogP contribution < -0.4 is 10.1 Å². The Hall–Kier alpha value is -2.87. The van der Waals surface area contributed by atoms with Gasteiger partial charge < -0.3 is 14.2 Å². The molecule has 0 radical (unpaired) electrons. The summed E-state index contributed by atoms with van der Waals surface area (Å²) in [5.74, 6) is -0.624. The maximum atomic E-state index is 12.1. The van der Waals surface area contributed by atoms with Crippen LogP contribution in [-0.4, -0.2) is 31.7 Å². The molecule has 0 bridgehead atoms. The van der Waals surface area contributed by atoms with Gasteiger partial charge in [-0.1, -0.05) is 12.1 Å². The Kier molecular flexibility index (Phi) is 4.48. The van der Waals surface area contributed by atoms with Crippen molar-refractivity contribution in [2.24, 2.45) is 0 Å². The number of alkyl carbamates (subject to hydrolysis) is 1. The summed E-state index contributed by atoms with van der Waals surface area (Å²) in [6.07, 6.45) is -0.906. The number of methoxy groups -OCH3 is 1. The highest BCUT2D eigenvalue weighted by molar-refractivity contribution is 7.17. The minimum atomic E-state index is -0.906. The van der Waals surface area contributed by atoms with Crippen LogP contribution in [0.5, 0.6) is 5.75 Å². The topological polar surface area (TPSA) is 90.9 Å². The standard InChI is InChI=1S/C16H13NO6S/c1-21-16(20)17-13(18)8-23-15(19)12-6-9-7-22-11-5-3-2-4-10(11)14(9)24-12/h2-6H,7-8H2,1H3,(H,17,18,20). The molecule has 8 heteroatoms. The van der Waals surface area contributed by atoms with Gasteiger partial charge in [0.2, 0.25) is 0 Å². The van der Waals surface area contributed by atoms with E-state index in [0.29, 0.717) is 11.5 Å². The number of nitrogens with one attached hydrogen (secondary N) is 1. The van der Waals surface area contributed by atoms with Crippen molar-refractivity contribution >= 4 is 29.3 Å². The zero-order chi connectivity index (χ0) is 17.1. The van der Waals surface area contributed by atoms with Crippen LogP contribution in [0.4, 0.5) is 4.79 Å². The monoisotopic (exact) mass is 347 g/mol. The van der Waals surface area contributed by atoms with Crippen molar-refractivity contribution in [3.63, 3.8) is 0 Å². The highest BCUT2D eigenvalue weighted by Gasteiger charge is 2.23. The van der Waals surface area contributed by atoms with Crippen LogP contribution in [0.15, 0.2) is 30.3 Å². The van der Waals surface area contributed by atoms with Gasteiger partial charge in [0.25, 0.3) is 5.91 Å². The van der Waals surface area contributed by atoms with Crippen LogP contribution in [0.25, 0.3) is 10.4 Å². The highest BCUT2D eigenvalue weighted by atomic mass is 32.1. The number of hydrogen-bond donors (Lipinski definition) is 1. The molecule has 0 spiro atoms. The van der Waals surface area contributed by atoms with E-state index in [2.05, 4.69) is 4.74 Å². The number of carbonyl (C=O) groups is 3. The molecule has 1 aliphatic rings. The van der Waals surface area contributed by atoms with Crippen LogP contribution in [0.2, 0.25) is 0 Å². The molecule has 0 atom stereocenters. The van der Waals surface area contributed by atoms with Crippen molar-refractivity contribution in [3.05, 3.63) is 40.8 Å². The second-order valence-corrected chi connectivity index (χ2v) is 5.92. The van der Waals surface area contributed by atoms with E-state index in [1.165, 1.54) is 11.3 Å². The quantitative estimate of drug-likeness (QED) is 0.857. The minimum Gasteiger partial charge on any atom is -0.488 e. The van der Waals surface area contributed by atoms with Crippen molar-refractivity contribution in [2.75, 3.05) is 13.7 Å². The second kappa shape index (κ2) is 6.71. The summed E-state index contributed by atoms with van der Waals surface area (Å²) in [6, 6.07) is 9.26. The van der Waals surface area contributed by atoms with E-state index in [0.717, 1.165) is 28.9 Å². The van der Waals surface area contributed by atoms with Gasteiger partial charge in [-0.25, -0.2) is 9.59 Å². The van der Waals surface area contributed by atoms with Gasteiger partial charge in [0.1, 0.15) is 17.2 Å². The largest absolute Gasteiger partial charge is 0.488 e. The molecular weight excluding hydrogens is 334 g/mol. The zero-order valence-corrected chi connectivity index (χ0v) is 13.5. The molecule has 0 unspecified atom stereocenters. The number of esters is 1. The molecule has 7 nitrogen and oxygen atoms in total. The summed E-state index contributed by atoms with van der Waals surface area (Å²) in [5.41, 5.74) is 1.82. The van der Waals surface area contributed by atoms with Gasteiger partial charge in [-0.15, -0.1) is 11.3 Å². The zero-order valence-electron chi connectivity index (χ0n) is 12.7. The average molecular weight is 347 g/mol. The fraction of sp³-hybridized carbons (Fsp3) is 0.188. The summed E-state index contributed by atoms with van der Waals surface area (Å²) in [7, 11) is 1.13. The Morgan fingerprint density at radius 2 is 2.08 bits per heavy atom. The first-order valence-corrected chi connectivity index (χ1v) is 7.80. The Morgan fingerprint density at radius 1 is 1.29 bits per heavy atom. The van der Waals surface area contributed by atoms with E-state index in [1.807, 2.05) is 29.6 Å². The lowest BCUT2D eigenvalue weighted by Crippen LogP contribution is -2.33. The number of thiophene rings is 1. The number of imide groups is 1. The predicted octanol–water partition coefficient (Wildman–Crippen LogP) is 2.35. The van der Waals surface area contributed by atoms with Crippen molar-refractivity contribution < 1.29 is 28.6 Å². The van der Waals surface area contributed by atoms with E-state index >= 15 is 0 Å². The van der Waals surface area contributed by atoms with Crippen molar-refractivity contribution in [3.8, 4) is 16.2 Å². The third kappa shape index (κ3) is 3.23. The lowest BCUT2D eigenvalue weighted by molar-refractivity contribution is -0.123. The summed E-state index contributed by atoms with van der Waals surface area (Å²) in [5, 5.41) is 1.90. The van der Waals surface area contributed by atoms with Crippen LogP contribution in [0, 0.1) is 0 Å². The number of amides is 2. The predicted molar refractivity (Wildman–Crippen MR) is 84.9 cm³/mol. The van der Waals surface area contributed by atoms with E-state index < -0.39 is 24.6 Å². The Labute approximate surface area is 141 Å². The number of benzene rings is 1. The first-order chi connectivity index (χ1) is 11.6. The van der Waals surface area contributed by atoms with Gasteiger partial charge in [-0.05, 0) is 18.2 Å². The first kappa shape index (κ1) is 16.0. The molecule has 1 aromatic carbocycles. The molecule has 2 heterocycles. The molecule has 0 saturated heterocycles. The summed E-state index contributed by atoms with van der Waals surface area (Å²) in [6.45, 7) is -0.192. The Balaban J connectivity index is 1.69. The summed E-state index contributed by atoms with van der Waals surface area (Å²) in [4.78, 5) is 35.7. The molecular formula is C16H13NO6S. The molecule has 0 aliphatic carbocycles. The molecule has 124 valence electrons. The van der Waals surface area contributed by atoms with Crippen LogP contribution >= 0.6 is 11.3 Å². The second-order valence-electron chi connectivity index (χ2n) is 4.87. The maximum Gasteiger partial charge on any atom is 0.413 e. The molecule has 24 heavy (non-hydrogen) atoms. The van der Waals surface area contributed by atoms with Gasteiger partial charge in [0.05, 0.1) is 7.11 Å². The number of fused-ring (bicyclic) bond motifs is 3. The fourth-order valence-corrected chi connectivity index (χ4v) is 3.29. The van der Waals surface area contributed by atoms with Gasteiger partial charge in [-0.3, -0.25) is 10.1 Å². The van der Waals surface area contributed by atoms with E-state index in [-0.39, 0.29) is 0 Å². The fourth-order valence-electron chi connectivity index (χ4n) is 2.20. The number of carbonyl (C=O) groups excluding carboxylic acids is 3. The van der Waals surface area contributed by atoms with E-state index in [9.17, 15) is 14.4 Å². The van der Waals surface area contributed by atoms with Crippen LogP contribution in [0.1, 0.15) is 15.2 Å². The molecule has 1 N–H and O–H groups in total. The van der Waals surface area contributed by atoms with Gasteiger partial charge in [0.15, 0.2) is 6.61 Å².